The molecule has 2 aromatic carbocycles. The maximum absolute atomic E-state index is 13.1. The lowest BCUT2D eigenvalue weighted by molar-refractivity contribution is -0.122. The summed E-state index contributed by atoms with van der Waals surface area (Å²) in [6.07, 6.45) is 1.44. The van der Waals surface area contributed by atoms with Crippen LogP contribution in [0.1, 0.15) is 5.56 Å². The number of hydrogen-bond acceptors (Lipinski definition) is 4. The molecule has 0 saturated carbocycles. The third kappa shape index (κ3) is 5.12. The second-order valence-corrected chi connectivity index (χ2v) is 5.95. The van der Waals surface area contributed by atoms with Crippen LogP contribution in [0.25, 0.3) is 0 Å². The fourth-order valence-electron chi connectivity index (χ4n) is 2.81. The molecule has 1 aliphatic heterocycles. The van der Waals surface area contributed by atoms with Gasteiger partial charge in [0, 0.05) is 31.9 Å². The van der Waals surface area contributed by atoms with Crippen molar-refractivity contribution in [3.05, 3.63) is 66.0 Å². The number of hydrogen-bond donors (Lipinski definition) is 1. The molecule has 1 aliphatic rings. The Kier molecular flexibility index (Phi) is 5.74. The molecule has 1 heterocycles. The molecule has 5 nitrogen and oxygen atoms in total. The number of nitrogens with zero attached hydrogens (tertiary/aromatic N) is 3. The van der Waals surface area contributed by atoms with Crippen LogP contribution in [0, 0.1) is 5.82 Å². The van der Waals surface area contributed by atoms with Gasteiger partial charge in [-0.2, -0.15) is 5.10 Å². The topological polar surface area (TPSA) is 47.9 Å². The van der Waals surface area contributed by atoms with E-state index in [-0.39, 0.29) is 11.7 Å². The highest BCUT2D eigenvalue weighted by Crippen LogP contribution is 2.15. The van der Waals surface area contributed by atoms with E-state index in [1.54, 1.807) is 12.1 Å². The van der Waals surface area contributed by atoms with Crippen LogP contribution >= 0.6 is 0 Å². The van der Waals surface area contributed by atoms with E-state index >= 15 is 0 Å². The molecule has 1 N–H and O–H groups in total. The predicted octanol–water partition coefficient (Wildman–Crippen LogP) is 2.10. The summed E-state index contributed by atoms with van der Waals surface area (Å²) in [5.74, 6) is -0.493. The minimum Gasteiger partial charge on any atom is -0.369 e. The molecule has 0 atom stereocenters. The Bertz CT molecular complexity index is 727. The Balaban J connectivity index is 1.42. The lowest BCUT2D eigenvalue weighted by atomic mass is 10.2. The van der Waals surface area contributed by atoms with Crippen molar-refractivity contribution in [1.82, 2.24) is 10.3 Å². The Morgan fingerprint density at radius 1 is 1.08 bits per heavy atom. The van der Waals surface area contributed by atoms with Crippen LogP contribution in [0.3, 0.4) is 0 Å². The van der Waals surface area contributed by atoms with Crippen LogP contribution < -0.4 is 10.3 Å². The van der Waals surface area contributed by atoms with Gasteiger partial charge in [0.2, 0.25) is 0 Å². The van der Waals surface area contributed by atoms with Crippen LogP contribution in [0.15, 0.2) is 59.7 Å². The molecule has 0 spiro atoms. The van der Waals surface area contributed by atoms with E-state index in [1.807, 2.05) is 18.2 Å². The van der Waals surface area contributed by atoms with E-state index in [9.17, 15) is 9.18 Å². The molecule has 6 heteroatoms. The summed E-state index contributed by atoms with van der Waals surface area (Å²) in [7, 11) is 0. The zero-order valence-electron chi connectivity index (χ0n) is 13.9. The molecule has 130 valence electrons. The number of carbonyl (C=O) groups excluding carboxylic acids is 1. The lowest BCUT2D eigenvalue weighted by Gasteiger charge is -2.35. The van der Waals surface area contributed by atoms with Crippen molar-refractivity contribution in [3.63, 3.8) is 0 Å². The molecule has 25 heavy (non-hydrogen) atoms. The minimum absolute atomic E-state index is 0.166. The van der Waals surface area contributed by atoms with Crippen molar-refractivity contribution < 1.29 is 9.18 Å². The first-order valence-corrected chi connectivity index (χ1v) is 8.30. The van der Waals surface area contributed by atoms with E-state index < -0.39 is 0 Å². The molecule has 0 aliphatic carbocycles. The van der Waals surface area contributed by atoms with Gasteiger partial charge in [-0.25, -0.2) is 9.82 Å². The summed E-state index contributed by atoms with van der Waals surface area (Å²) in [5, 5.41) is 3.88. The number of nitrogens with one attached hydrogen (secondary N) is 1. The Morgan fingerprint density at radius 2 is 1.84 bits per heavy atom. The first-order chi connectivity index (χ1) is 12.2. The van der Waals surface area contributed by atoms with Crippen LogP contribution in [0.2, 0.25) is 0 Å². The predicted molar refractivity (Wildman–Crippen MR) is 97.2 cm³/mol. The smallest absolute Gasteiger partial charge is 0.254 e. The van der Waals surface area contributed by atoms with E-state index in [4.69, 9.17) is 0 Å². The second-order valence-electron chi connectivity index (χ2n) is 5.95. The van der Waals surface area contributed by atoms with Gasteiger partial charge >= 0.3 is 0 Å². The molecular weight excluding hydrogens is 319 g/mol. The van der Waals surface area contributed by atoms with Gasteiger partial charge in [0.05, 0.1) is 12.8 Å². The molecule has 1 fully saturated rings. The molecule has 0 bridgehead atoms. The normalized spacial score (nSPS) is 15.5. The first kappa shape index (κ1) is 17.1. The van der Waals surface area contributed by atoms with Crippen molar-refractivity contribution >= 4 is 17.8 Å². The van der Waals surface area contributed by atoms with E-state index in [1.165, 1.54) is 24.0 Å². The number of halogens is 1. The average molecular weight is 340 g/mol. The molecule has 2 aromatic rings. The highest BCUT2D eigenvalue weighted by atomic mass is 19.1. The maximum Gasteiger partial charge on any atom is 0.254 e. The van der Waals surface area contributed by atoms with Crippen LogP contribution in [0.4, 0.5) is 10.1 Å². The van der Waals surface area contributed by atoms with Gasteiger partial charge in [-0.3, -0.25) is 9.69 Å². The van der Waals surface area contributed by atoms with Crippen LogP contribution in [0.5, 0.6) is 0 Å². The van der Waals surface area contributed by atoms with Gasteiger partial charge in [-0.1, -0.05) is 30.3 Å². The number of rotatable bonds is 5. The standard InChI is InChI=1S/C19H21FN4O/c20-17-6-4-5-16(13-17)14-21-22-19(25)15-23-9-11-24(12-10-23)18-7-2-1-3-8-18/h1-8,13-14H,9-12,15H2,(H,22,25). The third-order valence-corrected chi connectivity index (χ3v) is 4.11. The van der Waals surface area contributed by atoms with Crippen molar-refractivity contribution in [2.24, 2.45) is 5.10 Å². The number of carbonyl (C=O) groups is 1. The van der Waals surface area contributed by atoms with Crippen molar-refractivity contribution in [2.45, 2.75) is 0 Å². The van der Waals surface area contributed by atoms with Crippen molar-refractivity contribution in [2.75, 3.05) is 37.6 Å². The Labute approximate surface area is 146 Å². The lowest BCUT2D eigenvalue weighted by Crippen LogP contribution is -2.49. The minimum atomic E-state index is -0.327. The van der Waals surface area contributed by atoms with E-state index in [0.717, 1.165) is 26.2 Å². The number of para-hydroxylation sites is 1. The molecule has 0 aromatic heterocycles. The largest absolute Gasteiger partial charge is 0.369 e. The Hall–Kier alpha value is -2.73. The molecular formula is C19H21FN4O. The van der Waals surface area contributed by atoms with Gasteiger partial charge in [-0.15, -0.1) is 0 Å². The zero-order chi connectivity index (χ0) is 17.5. The maximum atomic E-state index is 13.1. The summed E-state index contributed by atoms with van der Waals surface area (Å²) in [5.41, 5.74) is 4.32. The number of piperazine rings is 1. The molecule has 1 saturated heterocycles. The van der Waals surface area contributed by atoms with Gasteiger partial charge in [0.1, 0.15) is 5.82 Å². The van der Waals surface area contributed by atoms with Crippen molar-refractivity contribution in [3.8, 4) is 0 Å². The van der Waals surface area contributed by atoms with Crippen molar-refractivity contribution in [1.29, 1.82) is 0 Å². The van der Waals surface area contributed by atoms with E-state index in [2.05, 4.69) is 32.5 Å². The summed E-state index contributed by atoms with van der Waals surface area (Å²) >= 11 is 0. The highest BCUT2D eigenvalue weighted by Gasteiger charge is 2.18. The molecule has 0 radical (unpaired) electrons. The first-order valence-electron chi connectivity index (χ1n) is 8.30. The monoisotopic (exact) mass is 340 g/mol. The molecule has 3 rings (SSSR count). The van der Waals surface area contributed by atoms with Crippen LogP contribution in [-0.2, 0) is 4.79 Å². The number of benzene rings is 2. The SMILES string of the molecule is O=C(CN1CCN(c2ccccc2)CC1)NN=Cc1cccc(F)c1. The van der Waals surface area contributed by atoms with Crippen LogP contribution in [-0.4, -0.2) is 49.7 Å². The quantitative estimate of drug-likeness (QED) is 0.670. The molecule has 1 amide bonds. The fourth-order valence-corrected chi connectivity index (χ4v) is 2.81. The number of anilines is 1. The van der Waals surface area contributed by atoms with Gasteiger partial charge in [0.15, 0.2) is 0 Å². The summed E-state index contributed by atoms with van der Waals surface area (Å²) < 4.78 is 13.1. The van der Waals surface area contributed by atoms with E-state index in [0.29, 0.717) is 12.1 Å². The van der Waals surface area contributed by atoms with Gasteiger partial charge in [-0.05, 0) is 29.8 Å². The number of hydrazone groups is 1. The number of amides is 1. The summed E-state index contributed by atoms with van der Waals surface area (Å²) in [4.78, 5) is 16.4. The fraction of sp³-hybridized carbons (Fsp3) is 0.263. The average Bonchev–Trinajstić information content (AvgIpc) is 2.63. The summed E-state index contributed by atoms with van der Waals surface area (Å²) in [6, 6.07) is 16.3. The summed E-state index contributed by atoms with van der Waals surface area (Å²) in [6.45, 7) is 3.75. The highest BCUT2D eigenvalue weighted by molar-refractivity contribution is 5.83. The zero-order valence-corrected chi connectivity index (χ0v) is 13.9. The molecule has 0 unspecified atom stereocenters. The van der Waals surface area contributed by atoms with Gasteiger partial charge in [0.25, 0.3) is 5.91 Å². The Morgan fingerprint density at radius 3 is 2.56 bits per heavy atom. The van der Waals surface area contributed by atoms with Gasteiger partial charge < -0.3 is 4.90 Å². The second kappa shape index (κ2) is 8.39. The third-order valence-electron chi connectivity index (χ3n) is 4.11.